The van der Waals surface area contributed by atoms with Gasteiger partial charge in [-0.15, -0.1) is 0 Å². The Kier molecular flexibility index (Phi) is 5.16. The van der Waals surface area contributed by atoms with Crippen LogP contribution in [-0.2, 0) is 9.84 Å². The van der Waals surface area contributed by atoms with Gasteiger partial charge < -0.3 is 19.3 Å². The minimum absolute atomic E-state index is 0.184. The van der Waals surface area contributed by atoms with Crippen LogP contribution in [0.15, 0.2) is 52.4 Å². The number of nitrogens with zero attached hydrogens (tertiary/aromatic N) is 3. The second-order valence-electron chi connectivity index (χ2n) is 7.73. The summed E-state index contributed by atoms with van der Waals surface area (Å²) in [5.74, 6) is 1.24. The molecule has 31 heavy (non-hydrogen) atoms. The number of benzene rings is 2. The quantitative estimate of drug-likeness (QED) is 0.595. The van der Waals surface area contributed by atoms with Gasteiger partial charge in [0, 0.05) is 48.9 Å². The Bertz CT molecular complexity index is 1240. The van der Waals surface area contributed by atoms with Crippen LogP contribution in [0, 0.1) is 0 Å². The minimum atomic E-state index is -3.81. The van der Waals surface area contributed by atoms with Gasteiger partial charge in [-0.25, -0.2) is 8.42 Å². The molecular formula is C22H22ClN3O4S. The molecule has 0 unspecified atom stereocenters. The first-order chi connectivity index (χ1) is 14.9. The van der Waals surface area contributed by atoms with Crippen molar-refractivity contribution in [2.75, 3.05) is 51.3 Å². The molecule has 162 valence electrons. The molecule has 1 fully saturated rings. The average Bonchev–Trinajstić information content (AvgIpc) is 2.78. The first-order valence-corrected chi connectivity index (χ1v) is 12.0. The molecule has 0 atom stereocenters. The minimum Gasteiger partial charge on any atom is -0.486 e. The summed E-state index contributed by atoms with van der Waals surface area (Å²) in [7, 11) is -1.75. The molecule has 0 radical (unpaired) electrons. The van der Waals surface area contributed by atoms with E-state index >= 15 is 0 Å². The Morgan fingerprint density at radius 2 is 1.61 bits per heavy atom. The molecule has 0 saturated carbocycles. The monoisotopic (exact) mass is 459 g/mol. The standard InChI is InChI=1S/C22H22ClN3O4S/c1-25-6-8-26(9-7-25)22-17-12-19-20(30-11-10-29-19)13-18(17)24-14-21(22)31(27,28)16-4-2-15(23)3-5-16/h2-5,12-14H,6-11H2,1H3. The number of likely N-dealkylation sites (N-methyl/N-ethyl adjacent to an activating group) is 1. The lowest BCUT2D eigenvalue weighted by Gasteiger charge is -2.35. The van der Waals surface area contributed by atoms with Crippen LogP contribution < -0.4 is 14.4 Å². The normalized spacial score (nSPS) is 17.2. The van der Waals surface area contributed by atoms with E-state index in [1.54, 1.807) is 12.1 Å². The SMILES string of the molecule is CN1CCN(c2c(S(=O)(=O)c3ccc(Cl)cc3)cnc3cc4c(cc23)OCCO4)CC1. The number of aromatic nitrogens is 1. The summed E-state index contributed by atoms with van der Waals surface area (Å²) < 4.78 is 38.7. The zero-order chi connectivity index (χ0) is 21.6. The van der Waals surface area contributed by atoms with Gasteiger partial charge in [0.25, 0.3) is 0 Å². The molecular weight excluding hydrogens is 438 g/mol. The molecule has 0 amide bonds. The van der Waals surface area contributed by atoms with E-state index in [0.717, 1.165) is 18.5 Å². The molecule has 9 heteroatoms. The molecule has 2 aliphatic heterocycles. The van der Waals surface area contributed by atoms with Gasteiger partial charge in [-0.3, -0.25) is 4.98 Å². The van der Waals surface area contributed by atoms with E-state index in [0.29, 0.717) is 54.0 Å². The number of pyridine rings is 1. The molecule has 5 rings (SSSR count). The van der Waals surface area contributed by atoms with E-state index in [1.807, 2.05) is 12.1 Å². The molecule has 1 aromatic heterocycles. The fourth-order valence-electron chi connectivity index (χ4n) is 3.99. The van der Waals surface area contributed by atoms with Crippen LogP contribution >= 0.6 is 11.6 Å². The summed E-state index contributed by atoms with van der Waals surface area (Å²) in [6, 6.07) is 9.90. The number of halogens is 1. The van der Waals surface area contributed by atoms with Crippen LogP contribution in [0.2, 0.25) is 5.02 Å². The Labute approximate surface area is 186 Å². The van der Waals surface area contributed by atoms with Crippen LogP contribution in [0.5, 0.6) is 11.5 Å². The number of fused-ring (bicyclic) bond motifs is 2. The number of anilines is 1. The number of piperazine rings is 1. The maximum Gasteiger partial charge on any atom is 0.210 e. The highest BCUT2D eigenvalue weighted by Crippen LogP contribution is 2.41. The average molecular weight is 460 g/mol. The van der Waals surface area contributed by atoms with Gasteiger partial charge in [0.1, 0.15) is 18.1 Å². The molecule has 3 heterocycles. The van der Waals surface area contributed by atoms with Gasteiger partial charge in [0.05, 0.1) is 16.1 Å². The first-order valence-electron chi connectivity index (χ1n) is 10.1. The van der Waals surface area contributed by atoms with E-state index < -0.39 is 9.84 Å². The van der Waals surface area contributed by atoms with Crippen LogP contribution in [0.1, 0.15) is 0 Å². The van der Waals surface area contributed by atoms with Crippen LogP contribution in [0.4, 0.5) is 5.69 Å². The summed E-state index contributed by atoms with van der Waals surface area (Å²) in [6.07, 6.45) is 1.45. The molecule has 7 nitrogen and oxygen atoms in total. The molecule has 2 aliphatic rings. The Morgan fingerprint density at radius 1 is 0.968 bits per heavy atom. The molecule has 3 aromatic rings. The summed E-state index contributed by atoms with van der Waals surface area (Å²) in [4.78, 5) is 9.22. The molecule has 0 aliphatic carbocycles. The maximum atomic E-state index is 13.6. The first kappa shape index (κ1) is 20.4. The van der Waals surface area contributed by atoms with E-state index in [4.69, 9.17) is 21.1 Å². The van der Waals surface area contributed by atoms with Crippen molar-refractivity contribution in [1.82, 2.24) is 9.88 Å². The van der Waals surface area contributed by atoms with E-state index in [2.05, 4.69) is 21.8 Å². The summed E-state index contributed by atoms with van der Waals surface area (Å²) in [5.41, 5.74) is 1.33. The van der Waals surface area contributed by atoms with Crippen molar-refractivity contribution >= 4 is 38.0 Å². The van der Waals surface area contributed by atoms with Crippen molar-refractivity contribution < 1.29 is 17.9 Å². The predicted molar refractivity (Wildman–Crippen MR) is 119 cm³/mol. The van der Waals surface area contributed by atoms with Gasteiger partial charge in [0.15, 0.2) is 11.5 Å². The molecule has 2 aromatic carbocycles. The molecule has 0 bridgehead atoms. The highest BCUT2D eigenvalue weighted by atomic mass is 35.5. The predicted octanol–water partition coefficient (Wildman–Crippen LogP) is 3.24. The second kappa shape index (κ2) is 7.85. The number of sulfone groups is 1. The van der Waals surface area contributed by atoms with Crippen molar-refractivity contribution in [3.05, 3.63) is 47.6 Å². The van der Waals surface area contributed by atoms with E-state index in [1.165, 1.54) is 18.3 Å². The lowest BCUT2D eigenvalue weighted by atomic mass is 10.1. The lowest BCUT2D eigenvalue weighted by Crippen LogP contribution is -2.45. The van der Waals surface area contributed by atoms with Gasteiger partial charge in [-0.1, -0.05) is 11.6 Å². The van der Waals surface area contributed by atoms with Gasteiger partial charge in [-0.05, 0) is 37.4 Å². The van der Waals surface area contributed by atoms with Crippen LogP contribution in [-0.4, -0.2) is 64.7 Å². The smallest absolute Gasteiger partial charge is 0.210 e. The molecule has 1 saturated heterocycles. The number of ether oxygens (including phenoxy) is 2. The lowest BCUT2D eigenvalue weighted by molar-refractivity contribution is 0.172. The summed E-state index contributed by atoms with van der Waals surface area (Å²) in [6.45, 7) is 4.05. The zero-order valence-corrected chi connectivity index (χ0v) is 18.6. The third kappa shape index (κ3) is 3.69. The van der Waals surface area contributed by atoms with Gasteiger partial charge in [0.2, 0.25) is 9.84 Å². The molecule has 0 N–H and O–H groups in total. The number of hydrogen-bond acceptors (Lipinski definition) is 7. The zero-order valence-electron chi connectivity index (χ0n) is 17.0. The van der Waals surface area contributed by atoms with Crippen molar-refractivity contribution in [2.45, 2.75) is 9.79 Å². The van der Waals surface area contributed by atoms with E-state index in [-0.39, 0.29) is 9.79 Å². The maximum absolute atomic E-state index is 13.6. The second-order valence-corrected chi connectivity index (χ2v) is 10.1. The molecule has 0 spiro atoms. The topological polar surface area (TPSA) is 72.0 Å². The number of rotatable bonds is 3. The Hall–Kier alpha value is -2.55. The highest BCUT2D eigenvalue weighted by molar-refractivity contribution is 7.91. The number of hydrogen-bond donors (Lipinski definition) is 0. The van der Waals surface area contributed by atoms with Crippen molar-refractivity contribution in [1.29, 1.82) is 0 Å². The fraction of sp³-hybridized carbons (Fsp3) is 0.318. The van der Waals surface area contributed by atoms with Gasteiger partial charge >= 0.3 is 0 Å². The van der Waals surface area contributed by atoms with Gasteiger partial charge in [-0.2, -0.15) is 0 Å². The van der Waals surface area contributed by atoms with Crippen molar-refractivity contribution in [2.24, 2.45) is 0 Å². The van der Waals surface area contributed by atoms with E-state index in [9.17, 15) is 8.42 Å². The summed E-state index contributed by atoms with van der Waals surface area (Å²) in [5, 5.41) is 1.22. The Balaban J connectivity index is 1.73. The van der Waals surface area contributed by atoms with Crippen molar-refractivity contribution in [3.63, 3.8) is 0 Å². The third-order valence-electron chi connectivity index (χ3n) is 5.70. The van der Waals surface area contributed by atoms with Crippen LogP contribution in [0.3, 0.4) is 0 Å². The van der Waals surface area contributed by atoms with Crippen LogP contribution in [0.25, 0.3) is 10.9 Å². The third-order valence-corrected chi connectivity index (χ3v) is 7.73. The highest BCUT2D eigenvalue weighted by Gasteiger charge is 2.29. The Morgan fingerprint density at radius 3 is 2.29 bits per heavy atom. The van der Waals surface area contributed by atoms with Crippen molar-refractivity contribution in [3.8, 4) is 11.5 Å². The fourth-order valence-corrected chi connectivity index (χ4v) is 5.55. The summed E-state index contributed by atoms with van der Waals surface area (Å²) >= 11 is 5.97. The largest absolute Gasteiger partial charge is 0.486 e.